The minimum atomic E-state index is -0.264. The summed E-state index contributed by atoms with van der Waals surface area (Å²) >= 11 is 1.39. The standard InChI is InChI=1S/C19H16N6OS/c26-18(15-8-9-16(20-13-15)25-12-4-11-21-25)22-19-24-23-17(27-19)10-7-14-5-2-1-3-6-14/h1-6,8-9,11-13H,7,10H2,(H,22,24,26). The lowest BCUT2D eigenvalue weighted by Crippen LogP contribution is -2.12. The van der Waals surface area contributed by atoms with Gasteiger partial charge in [0.25, 0.3) is 5.91 Å². The van der Waals surface area contributed by atoms with Crippen molar-refractivity contribution in [2.75, 3.05) is 5.32 Å². The van der Waals surface area contributed by atoms with Gasteiger partial charge in [-0.1, -0.05) is 41.7 Å². The first kappa shape index (κ1) is 17.0. The van der Waals surface area contributed by atoms with E-state index in [1.165, 1.54) is 23.1 Å². The van der Waals surface area contributed by atoms with Crippen LogP contribution in [-0.4, -0.2) is 30.9 Å². The molecular weight excluding hydrogens is 360 g/mol. The van der Waals surface area contributed by atoms with Gasteiger partial charge >= 0.3 is 0 Å². The molecule has 0 aliphatic rings. The fourth-order valence-electron chi connectivity index (χ4n) is 2.53. The number of aromatic nitrogens is 5. The molecule has 4 rings (SSSR count). The third-order valence-corrected chi connectivity index (χ3v) is 4.81. The number of benzene rings is 1. The van der Waals surface area contributed by atoms with E-state index >= 15 is 0 Å². The van der Waals surface area contributed by atoms with Gasteiger partial charge in [0.05, 0.1) is 5.56 Å². The molecule has 7 nitrogen and oxygen atoms in total. The summed E-state index contributed by atoms with van der Waals surface area (Å²) in [6, 6.07) is 15.5. The molecule has 0 radical (unpaired) electrons. The van der Waals surface area contributed by atoms with Crippen molar-refractivity contribution >= 4 is 22.4 Å². The maximum absolute atomic E-state index is 12.4. The Morgan fingerprint density at radius 1 is 1.04 bits per heavy atom. The van der Waals surface area contributed by atoms with E-state index in [2.05, 4.69) is 37.7 Å². The monoisotopic (exact) mass is 376 g/mol. The molecule has 0 saturated carbocycles. The van der Waals surface area contributed by atoms with Gasteiger partial charge in [-0.2, -0.15) is 5.10 Å². The van der Waals surface area contributed by atoms with Crippen LogP contribution >= 0.6 is 11.3 Å². The van der Waals surface area contributed by atoms with Crippen LogP contribution in [0, 0.1) is 0 Å². The zero-order valence-electron chi connectivity index (χ0n) is 14.3. The number of hydrogen-bond acceptors (Lipinski definition) is 6. The highest BCUT2D eigenvalue weighted by molar-refractivity contribution is 7.15. The van der Waals surface area contributed by atoms with Crippen LogP contribution in [0.15, 0.2) is 67.1 Å². The number of nitrogens with zero attached hydrogens (tertiary/aromatic N) is 5. The molecular formula is C19H16N6OS. The summed E-state index contributed by atoms with van der Waals surface area (Å²) in [6.45, 7) is 0. The Kier molecular flexibility index (Phi) is 4.97. The first-order chi connectivity index (χ1) is 13.3. The molecule has 0 aliphatic heterocycles. The average Bonchev–Trinajstić information content (AvgIpc) is 3.40. The molecule has 0 aliphatic carbocycles. The quantitative estimate of drug-likeness (QED) is 0.559. The summed E-state index contributed by atoms with van der Waals surface area (Å²) in [7, 11) is 0. The number of carbonyl (C=O) groups excluding carboxylic acids is 1. The highest BCUT2D eigenvalue weighted by Crippen LogP contribution is 2.18. The summed E-state index contributed by atoms with van der Waals surface area (Å²) < 4.78 is 1.63. The number of anilines is 1. The van der Waals surface area contributed by atoms with Gasteiger partial charge in [0.15, 0.2) is 5.82 Å². The van der Waals surface area contributed by atoms with Gasteiger partial charge in [-0.25, -0.2) is 9.67 Å². The number of amides is 1. The van der Waals surface area contributed by atoms with Gasteiger partial charge in [0.2, 0.25) is 5.13 Å². The smallest absolute Gasteiger partial charge is 0.259 e. The van der Waals surface area contributed by atoms with E-state index in [-0.39, 0.29) is 5.91 Å². The van der Waals surface area contributed by atoms with E-state index < -0.39 is 0 Å². The topological polar surface area (TPSA) is 85.6 Å². The first-order valence-corrected chi connectivity index (χ1v) is 9.23. The lowest BCUT2D eigenvalue weighted by atomic mass is 10.1. The number of aryl methyl sites for hydroxylation is 2. The molecule has 0 unspecified atom stereocenters. The largest absolute Gasteiger partial charge is 0.296 e. The highest BCUT2D eigenvalue weighted by Gasteiger charge is 2.11. The number of nitrogens with one attached hydrogen (secondary N) is 1. The van der Waals surface area contributed by atoms with Crippen molar-refractivity contribution in [1.82, 2.24) is 25.0 Å². The second-order valence-corrected chi connectivity index (χ2v) is 6.86. The van der Waals surface area contributed by atoms with Gasteiger partial charge in [0, 0.05) is 25.0 Å². The average molecular weight is 376 g/mol. The van der Waals surface area contributed by atoms with Crippen LogP contribution in [0.3, 0.4) is 0 Å². The maximum Gasteiger partial charge on any atom is 0.259 e. The SMILES string of the molecule is O=C(Nc1nnc(CCc2ccccc2)s1)c1ccc(-n2cccn2)nc1. The van der Waals surface area contributed by atoms with Crippen molar-refractivity contribution in [2.45, 2.75) is 12.8 Å². The van der Waals surface area contributed by atoms with Crippen LogP contribution in [-0.2, 0) is 12.8 Å². The van der Waals surface area contributed by atoms with Gasteiger partial charge in [-0.15, -0.1) is 10.2 Å². The zero-order chi connectivity index (χ0) is 18.5. The van der Waals surface area contributed by atoms with E-state index in [1.807, 2.05) is 24.3 Å². The Hall–Kier alpha value is -3.39. The Morgan fingerprint density at radius 3 is 2.67 bits per heavy atom. The van der Waals surface area contributed by atoms with E-state index in [4.69, 9.17) is 0 Å². The summed E-state index contributed by atoms with van der Waals surface area (Å²) in [4.78, 5) is 16.6. The van der Waals surface area contributed by atoms with Gasteiger partial charge in [0.1, 0.15) is 5.01 Å². The van der Waals surface area contributed by atoms with Crippen LogP contribution < -0.4 is 5.32 Å². The van der Waals surface area contributed by atoms with E-state index in [0.717, 1.165) is 17.8 Å². The molecule has 27 heavy (non-hydrogen) atoms. The summed E-state index contributed by atoms with van der Waals surface area (Å²) in [5, 5.41) is 16.5. The minimum absolute atomic E-state index is 0.264. The van der Waals surface area contributed by atoms with Crippen LogP contribution in [0.4, 0.5) is 5.13 Å². The normalized spacial score (nSPS) is 10.7. The molecule has 1 aromatic carbocycles. The Morgan fingerprint density at radius 2 is 1.93 bits per heavy atom. The third kappa shape index (κ3) is 4.24. The number of pyridine rings is 1. The van der Waals surface area contributed by atoms with Gasteiger partial charge in [-0.05, 0) is 30.2 Å². The predicted octanol–water partition coefficient (Wildman–Crippen LogP) is 3.16. The lowest BCUT2D eigenvalue weighted by Gasteiger charge is -2.03. The molecule has 3 heterocycles. The first-order valence-electron chi connectivity index (χ1n) is 8.42. The number of rotatable bonds is 6. The fourth-order valence-corrected chi connectivity index (χ4v) is 3.26. The van der Waals surface area contributed by atoms with Crippen molar-refractivity contribution in [3.63, 3.8) is 0 Å². The highest BCUT2D eigenvalue weighted by atomic mass is 32.1. The van der Waals surface area contributed by atoms with Crippen molar-refractivity contribution in [1.29, 1.82) is 0 Å². The number of hydrogen-bond donors (Lipinski definition) is 1. The third-order valence-electron chi connectivity index (χ3n) is 3.91. The van der Waals surface area contributed by atoms with Gasteiger partial charge < -0.3 is 0 Å². The van der Waals surface area contributed by atoms with Crippen molar-refractivity contribution in [3.05, 3.63) is 83.3 Å². The molecule has 4 aromatic rings. The van der Waals surface area contributed by atoms with E-state index in [0.29, 0.717) is 16.5 Å². The second kappa shape index (κ2) is 7.88. The maximum atomic E-state index is 12.4. The van der Waals surface area contributed by atoms with Crippen LogP contribution in [0.5, 0.6) is 0 Å². The van der Waals surface area contributed by atoms with E-state index in [9.17, 15) is 4.79 Å². The summed E-state index contributed by atoms with van der Waals surface area (Å²) in [6.07, 6.45) is 6.66. The second-order valence-electron chi connectivity index (χ2n) is 5.80. The molecule has 1 amide bonds. The van der Waals surface area contributed by atoms with Crippen LogP contribution in [0.25, 0.3) is 5.82 Å². The summed E-state index contributed by atoms with van der Waals surface area (Å²) in [5.41, 5.74) is 1.70. The Labute approximate surface area is 159 Å². The fraction of sp³-hybridized carbons (Fsp3) is 0.105. The molecule has 134 valence electrons. The van der Waals surface area contributed by atoms with Gasteiger partial charge in [-0.3, -0.25) is 10.1 Å². The van der Waals surface area contributed by atoms with Crippen molar-refractivity contribution in [2.24, 2.45) is 0 Å². The summed E-state index contributed by atoms with van der Waals surface area (Å²) in [5.74, 6) is 0.385. The molecule has 0 atom stereocenters. The molecule has 0 saturated heterocycles. The zero-order valence-corrected chi connectivity index (χ0v) is 15.1. The Balaban J connectivity index is 1.36. The number of carbonyl (C=O) groups is 1. The molecule has 0 fully saturated rings. The minimum Gasteiger partial charge on any atom is -0.296 e. The molecule has 0 bridgehead atoms. The molecule has 3 aromatic heterocycles. The predicted molar refractivity (Wildman–Crippen MR) is 103 cm³/mol. The lowest BCUT2D eigenvalue weighted by molar-refractivity contribution is 0.102. The molecule has 8 heteroatoms. The van der Waals surface area contributed by atoms with Crippen molar-refractivity contribution in [3.8, 4) is 5.82 Å². The molecule has 1 N–H and O–H groups in total. The van der Waals surface area contributed by atoms with Crippen molar-refractivity contribution < 1.29 is 4.79 Å². The molecule has 0 spiro atoms. The van der Waals surface area contributed by atoms with Crippen LogP contribution in [0.1, 0.15) is 20.9 Å². The Bertz CT molecular complexity index is 1010. The van der Waals surface area contributed by atoms with Crippen LogP contribution in [0.2, 0.25) is 0 Å². The van der Waals surface area contributed by atoms with E-state index in [1.54, 1.807) is 29.2 Å².